The highest BCUT2D eigenvalue weighted by molar-refractivity contribution is 7.47. The van der Waals surface area contributed by atoms with Gasteiger partial charge in [0.15, 0.2) is 6.10 Å². The van der Waals surface area contributed by atoms with Crippen LogP contribution in [0, 0.1) is 0 Å². The summed E-state index contributed by atoms with van der Waals surface area (Å²) < 4.78 is 49.2. The Morgan fingerprint density at radius 1 is 0.534 bits per heavy atom. The van der Waals surface area contributed by atoms with Crippen molar-refractivity contribution in [1.82, 2.24) is 0 Å². The first kappa shape index (κ1) is 55.0. The van der Waals surface area contributed by atoms with Crippen LogP contribution in [-0.4, -0.2) is 110 Å². The van der Waals surface area contributed by atoms with Crippen LogP contribution in [0.15, 0.2) is 0 Å². The number of nitrogens with two attached hydrogens (primary N) is 1. The van der Waals surface area contributed by atoms with Crippen LogP contribution in [0.3, 0.4) is 0 Å². The summed E-state index contributed by atoms with van der Waals surface area (Å²) in [5.74, 6) is -1.21. The molecular formula is C39H77NO16P2. The molecule has 0 heterocycles. The number of phosphoric ester groups is 2. The van der Waals surface area contributed by atoms with Gasteiger partial charge in [0, 0.05) is 12.8 Å². The van der Waals surface area contributed by atoms with E-state index in [0.29, 0.717) is 12.8 Å². The highest BCUT2D eigenvalue weighted by Crippen LogP contribution is 2.49. The minimum absolute atomic E-state index is 0.0470. The molecule has 4 unspecified atom stereocenters. The predicted molar refractivity (Wildman–Crippen MR) is 217 cm³/mol. The van der Waals surface area contributed by atoms with Gasteiger partial charge in [-0.25, -0.2) is 9.13 Å². The van der Waals surface area contributed by atoms with Crippen molar-refractivity contribution in [1.29, 1.82) is 0 Å². The molecule has 0 spiro atoms. The molecule has 19 heteroatoms. The number of aliphatic hydroxyl groups excluding tert-OH is 4. The molecule has 1 aliphatic carbocycles. The summed E-state index contributed by atoms with van der Waals surface area (Å²) in [4.78, 5) is 54.0. The molecule has 344 valence electrons. The Hall–Kier alpha value is -1.04. The normalized spacial score (nSPS) is 22.7. The molecule has 0 aromatic rings. The van der Waals surface area contributed by atoms with E-state index in [1.165, 1.54) is 83.5 Å². The minimum Gasteiger partial charge on any atom is -0.462 e. The molecule has 0 amide bonds. The number of carbonyl (C=O) groups is 2. The Balaban J connectivity index is 2.63. The molecule has 1 rings (SSSR count). The first-order chi connectivity index (χ1) is 27.6. The van der Waals surface area contributed by atoms with E-state index in [4.69, 9.17) is 34.0 Å². The lowest BCUT2D eigenvalue weighted by molar-refractivity contribution is -0.216. The molecule has 17 nitrogen and oxygen atoms in total. The van der Waals surface area contributed by atoms with Gasteiger partial charge in [-0.3, -0.25) is 23.2 Å². The quantitative estimate of drug-likeness (QED) is 0.0202. The summed E-state index contributed by atoms with van der Waals surface area (Å²) in [6.07, 6.45) is 11.7. The molecule has 8 atom stereocenters. The number of ether oxygens (including phenoxy) is 2. The highest BCUT2D eigenvalue weighted by Gasteiger charge is 2.54. The van der Waals surface area contributed by atoms with Crippen LogP contribution in [0.2, 0.25) is 0 Å². The highest BCUT2D eigenvalue weighted by atomic mass is 31.2. The van der Waals surface area contributed by atoms with E-state index in [1.54, 1.807) is 0 Å². The van der Waals surface area contributed by atoms with E-state index in [2.05, 4.69) is 11.4 Å². The van der Waals surface area contributed by atoms with Gasteiger partial charge < -0.3 is 50.3 Å². The van der Waals surface area contributed by atoms with E-state index in [1.807, 2.05) is 0 Å². The van der Waals surface area contributed by atoms with Crippen LogP contribution < -0.4 is 5.73 Å². The number of hydrogen-bond acceptors (Lipinski definition) is 14. The molecule has 0 radical (unpaired) electrons. The lowest BCUT2D eigenvalue weighted by Gasteiger charge is -2.43. The molecule has 0 aromatic heterocycles. The molecule has 1 aliphatic rings. The molecule has 1 saturated carbocycles. The van der Waals surface area contributed by atoms with Gasteiger partial charge in [-0.15, -0.1) is 0 Å². The Morgan fingerprint density at radius 3 is 1.36 bits per heavy atom. The number of phosphoric acid groups is 2. The summed E-state index contributed by atoms with van der Waals surface area (Å²) in [6.45, 7) is 1.61. The standard InChI is InChI=1S/C39H77NO16P2/c1-2-3-4-5-6-7-8-9-11-15-18-21-24-27-33(42)54-31(29-52-32(41)26-23-20-17-14-12-10-13-16-19-22-25-28-40)30-53-58(50,51)56-39-36(45)34(43)35(44)38(37(39)46)55-57(47,48)49/h31,34-39,43-46H,2-30,40H2,1H3,(H,50,51)(H2,47,48,49)/t31-,34-,35?,36?,37+,38+,39?/m1/s1. The van der Waals surface area contributed by atoms with Gasteiger partial charge in [0.25, 0.3) is 0 Å². The van der Waals surface area contributed by atoms with Gasteiger partial charge in [-0.05, 0) is 25.8 Å². The van der Waals surface area contributed by atoms with Crippen LogP contribution in [-0.2, 0) is 41.8 Å². The Kier molecular flexibility index (Phi) is 30.9. The van der Waals surface area contributed by atoms with Gasteiger partial charge in [-0.2, -0.15) is 0 Å². The molecule has 58 heavy (non-hydrogen) atoms. The number of rotatable bonds is 37. The van der Waals surface area contributed by atoms with Crippen LogP contribution >= 0.6 is 15.6 Å². The van der Waals surface area contributed by atoms with Crippen molar-refractivity contribution in [3.63, 3.8) is 0 Å². The van der Waals surface area contributed by atoms with Gasteiger partial charge in [-0.1, -0.05) is 142 Å². The van der Waals surface area contributed by atoms with Gasteiger partial charge in [0.05, 0.1) is 6.61 Å². The third kappa shape index (κ3) is 27.0. The number of aliphatic hydroxyl groups is 4. The fourth-order valence-corrected chi connectivity index (χ4v) is 8.40. The SMILES string of the molecule is CCCCCCCCCCCCCCCC(=O)O[C@H](COC(=O)CCCCCCCCCCCCCN)COP(=O)(O)OC1C(O)[C@H](O)C(O)[C@H](OP(=O)(O)O)[C@@H]1O. The van der Waals surface area contributed by atoms with E-state index >= 15 is 0 Å². The van der Waals surface area contributed by atoms with Crippen LogP contribution in [0.4, 0.5) is 0 Å². The second kappa shape index (κ2) is 32.6. The third-order valence-electron chi connectivity index (χ3n) is 10.3. The lowest BCUT2D eigenvalue weighted by atomic mass is 9.85. The predicted octanol–water partition coefficient (Wildman–Crippen LogP) is 6.00. The van der Waals surface area contributed by atoms with Gasteiger partial charge in [0.2, 0.25) is 0 Å². The summed E-state index contributed by atoms with van der Waals surface area (Å²) in [5, 5.41) is 41.1. The summed E-state index contributed by atoms with van der Waals surface area (Å²) >= 11 is 0. The van der Waals surface area contributed by atoms with Crippen molar-refractivity contribution >= 4 is 27.6 Å². The Bertz CT molecular complexity index is 1160. The maximum Gasteiger partial charge on any atom is 0.472 e. The molecule has 0 aromatic carbocycles. The zero-order valence-electron chi connectivity index (χ0n) is 34.8. The van der Waals surface area contributed by atoms with Crippen LogP contribution in [0.1, 0.15) is 174 Å². The van der Waals surface area contributed by atoms with Crippen molar-refractivity contribution in [2.24, 2.45) is 5.73 Å². The Labute approximate surface area is 345 Å². The fourth-order valence-electron chi connectivity index (χ4n) is 6.86. The first-order valence-electron chi connectivity index (χ1n) is 21.8. The van der Waals surface area contributed by atoms with Crippen molar-refractivity contribution in [3.05, 3.63) is 0 Å². The summed E-state index contributed by atoms with van der Waals surface area (Å²) in [7, 11) is -10.7. The van der Waals surface area contributed by atoms with Crippen molar-refractivity contribution < 1.29 is 76.9 Å². The van der Waals surface area contributed by atoms with E-state index in [9.17, 15) is 44.0 Å². The van der Waals surface area contributed by atoms with Crippen LogP contribution in [0.25, 0.3) is 0 Å². The maximum absolute atomic E-state index is 12.9. The molecule has 9 N–H and O–H groups in total. The number of carbonyl (C=O) groups excluding carboxylic acids is 2. The zero-order chi connectivity index (χ0) is 43.2. The second-order valence-corrected chi connectivity index (χ2v) is 18.2. The fraction of sp³-hybridized carbons (Fsp3) is 0.949. The van der Waals surface area contributed by atoms with Crippen molar-refractivity contribution in [2.45, 2.75) is 217 Å². The monoisotopic (exact) mass is 877 g/mol. The van der Waals surface area contributed by atoms with E-state index in [0.717, 1.165) is 64.3 Å². The molecular weight excluding hydrogens is 800 g/mol. The molecule has 0 bridgehead atoms. The third-order valence-corrected chi connectivity index (χ3v) is 11.8. The molecule has 0 saturated heterocycles. The van der Waals surface area contributed by atoms with Gasteiger partial charge in [0.1, 0.15) is 43.2 Å². The van der Waals surface area contributed by atoms with Crippen LogP contribution in [0.5, 0.6) is 0 Å². The number of esters is 2. The summed E-state index contributed by atoms with van der Waals surface area (Å²) in [5.41, 5.74) is 5.53. The van der Waals surface area contributed by atoms with Crippen molar-refractivity contribution in [2.75, 3.05) is 19.8 Å². The average Bonchev–Trinajstić information content (AvgIpc) is 3.17. The molecule has 0 aliphatic heterocycles. The molecule has 1 fully saturated rings. The topological polar surface area (TPSA) is 282 Å². The second-order valence-electron chi connectivity index (χ2n) is 15.6. The average molecular weight is 878 g/mol. The van der Waals surface area contributed by atoms with E-state index < -0.39 is 83.5 Å². The smallest absolute Gasteiger partial charge is 0.462 e. The lowest BCUT2D eigenvalue weighted by Crippen LogP contribution is -2.64. The van der Waals surface area contributed by atoms with Gasteiger partial charge >= 0.3 is 27.6 Å². The zero-order valence-corrected chi connectivity index (χ0v) is 36.6. The van der Waals surface area contributed by atoms with E-state index in [-0.39, 0.29) is 12.8 Å². The minimum atomic E-state index is -5.36. The number of unbranched alkanes of at least 4 members (excludes halogenated alkanes) is 22. The summed E-state index contributed by atoms with van der Waals surface area (Å²) in [6, 6.07) is 0. The first-order valence-corrected chi connectivity index (χ1v) is 24.8. The Morgan fingerprint density at radius 2 is 0.931 bits per heavy atom. The number of hydrogen-bond donors (Lipinski definition) is 8. The maximum atomic E-state index is 12.9. The van der Waals surface area contributed by atoms with Crippen molar-refractivity contribution in [3.8, 4) is 0 Å². The largest absolute Gasteiger partial charge is 0.472 e.